The number of nitrogens with zero attached hydrogens (tertiary/aromatic N) is 1. The van der Waals surface area contributed by atoms with Gasteiger partial charge >= 0.3 is 0 Å². The molecule has 0 saturated carbocycles. The molecule has 6 nitrogen and oxygen atoms in total. The minimum Gasteiger partial charge on any atom is -0.478 e. The second-order valence-electron chi connectivity index (χ2n) is 5.31. The Bertz CT molecular complexity index is 784. The van der Waals surface area contributed by atoms with Crippen molar-refractivity contribution in [2.75, 3.05) is 13.2 Å². The second-order valence-corrected chi connectivity index (χ2v) is 5.31. The van der Waals surface area contributed by atoms with Crippen LogP contribution in [0, 0.1) is 11.6 Å². The molecule has 0 spiro atoms. The van der Waals surface area contributed by atoms with Crippen LogP contribution in [0.2, 0.25) is 0 Å². The van der Waals surface area contributed by atoms with Crippen LogP contribution in [0.5, 0.6) is 5.88 Å². The smallest absolute Gasteiger partial charge is 0.254 e. The maximum absolute atomic E-state index is 13.5. The first-order valence-electron chi connectivity index (χ1n) is 8.08. The van der Waals surface area contributed by atoms with E-state index < -0.39 is 17.5 Å². The first kappa shape index (κ1) is 19.3. The van der Waals surface area contributed by atoms with Gasteiger partial charge in [0.05, 0.1) is 12.2 Å². The zero-order valence-corrected chi connectivity index (χ0v) is 14.2. The van der Waals surface area contributed by atoms with Crippen LogP contribution in [0.3, 0.4) is 0 Å². The molecule has 1 aromatic heterocycles. The van der Waals surface area contributed by atoms with Gasteiger partial charge in [-0.15, -0.1) is 0 Å². The number of aromatic nitrogens is 1. The summed E-state index contributed by atoms with van der Waals surface area (Å²) in [6, 6.07) is 6.20. The summed E-state index contributed by atoms with van der Waals surface area (Å²) in [6.07, 6.45) is 1.61. The lowest BCUT2D eigenvalue weighted by atomic mass is 10.2. The minimum absolute atomic E-state index is 0.0127. The Kier molecular flexibility index (Phi) is 7.02. The fourth-order valence-electron chi connectivity index (χ4n) is 2.17. The van der Waals surface area contributed by atoms with Gasteiger partial charge in [-0.25, -0.2) is 13.8 Å². The van der Waals surface area contributed by atoms with Crippen molar-refractivity contribution in [2.45, 2.75) is 19.9 Å². The molecule has 0 aliphatic carbocycles. The number of ether oxygens (including phenoxy) is 1. The molecule has 2 rings (SSSR count). The van der Waals surface area contributed by atoms with Crippen molar-refractivity contribution < 1.29 is 23.1 Å². The topological polar surface area (TPSA) is 80.3 Å². The molecule has 2 N–H and O–H groups in total. The zero-order chi connectivity index (χ0) is 18.9. The number of carbonyl (C=O) groups is 2. The van der Waals surface area contributed by atoms with Gasteiger partial charge in [0, 0.05) is 37.3 Å². The van der Waals surface area contributed by atoms with Crippen molar-refractivity contribution in [3.63, 3.8) is 0 Å². The van der Waals surface area contributed by atoms with Crippen LogP contribution < -0.4 is 15.4 Å². The molecule has 8 heteroatoms. The van der Waals surface area contributed by atoms with Gasteiger partial charge in [-0.1, -0.05) is 6.07 Å². The summed E-state index contributed by atoms with van der Waals surface area (Å²) in [7, 11) is 0. The highest BCUT2D eigenvalue weighted by Crippen LogP contribution is 2.13. The summed E-state index contributed by atoms with van der Waals surface area (Å²) in [4.78, 5) is 27.8. The Balaban J connectivity index is 1.78. The maximum atomic E-state index is 13.5. The van der Waals surface area contributed by atoms with Crippen molar-refractivity contribution in [1.29, 1.82) is 0 Å². The van der Waals surface area contributed by atoms with Crippen LogP contribution in [0.4, 0.5) is 8.78 Å². The number of amides is 2. The van der Waals surface area contributed by atoms with Crippen molar-refractivity contribution in [2.24, 2.45) is 0 Å². The summed E-state index contributed by atoms with van der Waals surface area (Å²) < 4.78 is 31.7. The molecule has 2 amide bonds. The zero-order valence-electron chi connectivity index (χ0n) is 14.2. The highest BCUT2D eigenvalue weighted by atomic mass is 19.1. The highest BCUT2D eigenvalue weighted by molar-refractivity contribution is 5.94. The summed E-state index contributed by atoms with van der Waals surface area (Å²) in [5, 5.41) is 5.12. The van der Waals surface area contributed by atoms with Gasteiger partial charge in [0.1, 0.15) is 11.6 Å². The van der Waals surface area contributed by atoms with E-state index in [1.807, 2.05) is 6.92 Å². The molecule has 0 unspecified atom stereocenters. The van der Waals surface area contributed by atoms with Crippen LogP contribution in [-0.4, -0.2) is 29.9 Å². The van der Waals surface area contributed by atoms with Crippen molar-refractivity contribution in [3.05, 3.63) is 59.3 Å². The number of benzene rings is 1. The van der Waals surface area contributed by atoms with E-state index in [-0.39, 0.29) is 31.0 Å². The molecule has 0 aliphatic rings. The van der Waals surface area contributed by atoms with Gasteiger partial charge in [-0.3, -0.25) is 9.59 Å². The van der Waals surface area contributed by atoms with Crippen LogP contribution in [-0.2, 0) is 11.3 Å². The summed E-state index contributed by atoms with van der Waals surface area (Å²) in [5.74, 6) is -2.26. The van der Waals surface area contributed by atoms with Gasteiger partial charge in [0.15, 0.2) is 0 Å². The van der Waals surface area contributed by atoms with E-state index in [4.69, 9.17) is 4.74 Å². The van der Waals surface area contributed by atoms with E-state index in [0.717, 1.165) is 17.7 Å². The number of halogens is 2. The normalized spacial score (nSPS) is 10.3. The molecule has 0 fully saturated rings. The van der Waals surface area contributed by atoms with E-state index in [0.29, 0.717) is 18.6 Å². The number of hydrogen-bond acceptors (Lipinski definition) is 4. The van der Waals surface area contributed by atoms with Gasteiger partial charge in [-0.05, 0) is 25.1 Å². The van der Waals surface area contributed by atoms with Crippen molar-refractivity contribution in [3.8, 4) is 5.88 Å². The van der Waals surface area contributed by atoms with Gasteiger partial charge in [0.25, 0.3) is 5.91 Å². The SMILES string of the molecule is CCOc1ncccc1CNC(=O)CCNC(=O)c1ccc(F)cc1F. The van der Waals surface area contributed by atoms with E-state index >= 15 is 0 Å². The quantitative estimate of drug-likeness (QED) is 0.754. The van der Waals surface area contributed by atoms with E-state index in [2.05, 4.69) is 15.6 Å². The predicted octanol–water partition coefficient (Wildman–Crippen LogP) is 2.19. The van der Waals surface area contributed by atoms with Crippen LogP contribution in [0.25, 0.3) is 0 Å². The average Bonchev–Trinajstić information content (AvgIpc) is 2.61. The van der Waals surface area contributed by atoms with Crippen molar-refractivity contribution >= 4 is 11.8 Å². The minimum atomic E-state index is -0.952. The summed E-state index contributed by atoms with van der Waals surface area (Å²) in [6.45, 7) is 2.56. The van der Waals surface area contributed by atoms with E-state index in [1.54, 1.807) is 18.3 Å². The third-order valence-corrected chi connectivity index (χ3v) is 3.42. The molecule has 0 saturated heterocycles. The van der Waals surface area contributed by atoms with Crippen LogP contribution >= 0.6 is 0 Å². The number of hydrogen-bond donors (Lipinski definition) is 2. The third-order valence-electron chi connectivity index (χ3n) is 3.42. The first-order chi connectivity index (χ1) is 12.5. The van der Waals surface area contributed by atoms with Crippen molar-refractivity contribution in [1.82, 2.24) is 15.6 Å². The lowest BCUT2D eigenvalue weighted by Crippen LogP contribution is -2.31. The molecule has 0 bridgehead atoms. The van der Waals surface area contributed by atoms with Gasteiger partial charge in [0.2, 0.25) is 11.8 Å². The molecule has 1 aromatic carbocycles. The van der Waals surface area contributed by atoms with Crippen LogP contribution in [0.1, 0.15) is 29.3 Å². The van der Waals surface area contributed by atoms with E-state index in [9.17, 15) is 18.4 Å². The standard InChI is InChI=1S/C18H19F2N3O3/c1-2-26-18-12(4-3-8-22-18)11-23-16(24)7-9-21-17(25)14-6-5-13(19)10-15(14)20/h3-6,8,10H,2,7,9,11H2,1H3,(H,21,25)(H,23,24). The average molecular weight is 363 g/mol. The maximum Gasteiger partial charge on any atom is 0.254 e. The number of carbonyl (C=O) groups excluding carboxylic acids is 2. The molecule has 1 heterocycles. The lowest BCUT2D eigenvalue weighted by Gasteiger charge is -2.10. The van der Waals surface area contributed by atoms with Gasteiger partial charge < -0.3 is 15.4 Å². The molecule has 26 heavy (non-hydrogen) atoms. The Hall–Kier alpha value is -3.03. The molecule has 138 valence electrons. The Labute approximate surface area is 149 Å². The largest absolute Gasteiger partial charge is 0.478 e. The monoisotopic (exact) mass is 363 g/mol. The number of pyridine rings is 1. The van der Waals surface area contributed by atoms with E-state index in [1.165, 1.54) is 0 Å². The van der Waals surface area contributed by atoms with Gasteiger partial charge in [-0.2, -0.15) is 0 Å². The molecular formula is C18H19F2N3O3. The number of rotatable bonds is 8. The molecular weight excluding hydrogens is 344 g/mol. The lowest BCUT2D eigenvalue weighted by molar-refractivity contribution is -0.121. The fourth-order valence-corrected chi connectivity index (χ4v) is 2.17. The number of nitrogens with one attached hydrogen (secondary N) is 2. The fraction of sp³-hybridized carbons (Fsp3) is 0.278. The molecule has 0 radical (unpaired) electrons. The first-order valence-corrected chi connectivity index (χ1v) is 8.08. The Morgan fingerprint density at radius 3 is 2.73 bits per heavy atom. The Morgan fingerprint density at radius 2 is 2.00 bits per heavy atom. The molecule has 0 aliphatic heterocycles. The summed E-state index contributed by atoms with van der Waals surface area (Å²) >= 11 is 0. The van der Waals surface area contributed by atoms with Crippen LogP contribution in [0.15, 0.2) is 36.5 Å². The second kappa shape index (κ2) is 9.45. The molecule has 2 aromatic rings. The summed E-state index contributed by atoms with van der Waals surface area (Å²) in [5.41, 5.74) is 0.462. The third kappa shape index (κ3) is 5.51. The Morgan fingerprint density at radius 1 is 1.19 bits per heavy atom. The highest BCUT2D eigenvalue weighted by Gasteiger charge is 2.13. The molecule has 0 atom stereocenters. The predicted molar refractivity (Wildman–Crippen MR) is 90.6 cm³/mol.